The van der Waals surface area contributed by atoms with Gasteiger partial charge in [-0.3, -0.25) is 9.25 Å². The Morgan fingerprint density at radius 3 is 2.79 bits per heavy atom. The first-order valence-electron chi connectivity index (χ1n) is 9.78. The monoisotopic (exact) mass is 431 g/mol. The maximum absolute atomic E-state index is 11.8. The van der Waals surface area contributed by atoms with Crippen LogP contribution in [0.5, 0.6) is 0 Å². The molecule has 2 aliphatic carbocycles. The van der Waals surface area contributed by atoms with Crippen molar-refractivity contribution < 1.29 is 32.8 Å². The van der Waals surface area contributed by atoms with Gasteiger partial charge in [-0.15, -0.1) is 5.10 Å². The highest BCUT2D eigenvalue weighted by atomic mass is 31.2. The molecule has 1 amide bonds. The second-order valence-corrected chi connectivity index (χ2v) is 8.79. The van der Waals surface area contributed by atoms with E-state index in [-0.39, 0.29) is 26.4 Å². The van der Waals surface area contributed by atoms with Gasteiger partial charge in [0.15, 0.2) is 0 Å². The van der Waals surface area contributed by atoms with Crippen molar-refractivity contribution >= 4 is 13.9 Å². The van der Waals surface area contributed by atoms with Crippen LogP contribution in [0.15, 0.2) is 0 Å². The van der Waals surface area contributed by atoms with Gasteiger partial charge in [0.1, 0.15) is 0 Å². The highest BCUT2D eigenvalue weighted by molar-refractivity contribution is 7.45. The van der Waals surface area contributed by atoms with E-state index >= 15 is 0 Å². The van der Waals surface area contributed by atoms with Crippen molar-refractivity contribution in [2.45, 2.75) is 25.7 Å². The third-order valence-corrected chi connectivity index (χ3v) is 6.53. The minimum atomic E-state index is -4.22. The van der Waals surface area contributed by atoms with Gasteiger partial charge in [-0.05, 0) is 43.4 Å². The van der Waals surface area contributed by atoms with Crippen molar-refractivity contribution in [3.63, 3.8) is 0 Å². The molecule has 1 aromatic rings. The summed E-state index contributed by atoms with van der Waals surface area (Å²) in [4.78, 5) is 22.8. The number of phosphoric acid groups is 1. The molecule has 1 N–H and O–H groups in total. The van der Waals surface area contributed by atoms with E-state index in [9.17, 15) is 14.3 Å². The molecule has 12 heteroatoms. The summed E-state index contributed by atoms with van der Waals surface area (Å²) in [7, 11) is -1.26. The lowest BCUT2D eigenvalue weighted by molar-refractivity contribution is -0.223. The van der Waals surface area contributed by atoms with E-state index in [0.29, 0.717) is 24.4 Å². The first kappa shape index (κ1) is 22.2. The number of nitrogens with one attached hydrogen (secondary N) is 1. The van der Waals surface area contributed by atoms with Crippen molar-refractivity contribution in [1.82, 2.24) is 20.3 Å². The molecule has 164 valence electrons. The standard InChI is InChI=1S/C17H29N4O7P/c1-21-16-6-4-13-12(3-5-15(16)19-20-21)14(13)11-27-17(22)18-7-8-26-9-10-28-29(23,24)25-2/h12-14H,3-11H2,1-2H3,(H,18,22)(H,23,24)/p-1/t12-,13+,14-/m0/s1. The summed E-state index contributed by atoms with van der Waals surface area (Å²) < 4.78 is 32.0. The summed E-state index contributed by atoms with van der Waals surface area (Å²) in [6.07, 6.45) is 3.56. The van der Waals surface area contributed by atoms with Gasteiger partial charge in [-0.2, -0.15) is 0 Å². The first-order valence-corrected chi connectivity index (χ1v) is 11.2. The quantitative estimate of drug-likeness (QED) is 0.413. The summed E-state index contributed by atoms with van der Waals surface area (Å²) >= 11 is 0. The molecule has 4 atom stereocenters. The predicted octanol–water partition coefficient (Wildman–Crippen LogP) is 0.430. The lowest BCUT2D eigenvalue weighted by atomic mass is 10.0. The highest BCUT2D eigenvalue weighted by Gasteiger charge is 2.50. The smallest absolute Gasteiger partial charge is 0.407 e. The fraction of sp³-hybridized carbons (Fsp3) is 0.824. The number of phosphoric ester groups is 1. The van der Waals surface area contributed by atoms with Crippen LogP contribution in [0.25, 0.3) is 0 Å². The van der Waals surface area contributed by atoms with Crippen molar-refractivity contribution in [2.75, 3.05) is 40.1 Å². The maximum Gasteiger partial charge on any atom is 0.407 e. The third kappa shape index (κ3) is 6.23. The van der Waals surface area contributed by atoms with Gasteiger partial charge in [0.05, 0.1) is 37.8 Å². The number of hydrogen-bond acceptors (Lipinski definition) is 9. The molecule has 1 saturated carbocycles. The molecule has 1 fully saturated rings. The number of aryl methyl sites for hydroxylation is 2. The van der Waals surface area contributed by atoms with Crippen molar-refractivity contribution in [3.8, 4) is 0 Å². The SMILES string of the molecule is COP(=O)([O-])OCCOCCNC(=O)OC[C@@H]1[C@@H]2CCc3c(nnn3C)CC[C@@H]21. The fourth-order valence-corrected chi connectivity index (χ4v) is 4.37. The molecule has 29 heavy (non-hydrogen) atoms. The molecule has 0 spiro atoms. The molecule has 1 aromatic heterocycles. The largest absolute Gasteiger partial charge is 0.756 e. The number of hydrogen-bond donors (Lipinski definition) is 1. The Balaban J connectivity index is 1.24. The maximum atomic E-state index is 11.8. The molecule has 1 heterocycles. The Bertz CT molecular complexity index is 743. The molecular weight excluding hydrogens is 403 g/mol. The Hall–Kier alpha value is -1.52. The van der Waals surface area contributed by atoms with Gasteiger partial charge in [-0.1, -0.05) is 5.21 Å². The van der Waals surface area contributed by atoms with E-state index < -0.39 is 13.9 Å². The van der Waals surface area contributed by atoms with Crippen LogP contribution in [0.3, 0.4) is 0 Å². The van der Waals surface area contributed by atoms with Crippen LogP contribution in [0, 0.1) is 17.8 Å². The number of fused-ring (bicyclic) bond motifs is 2. The molecule has 2 aliphatic rings. The Labute approximate surface area is 169 Å². The van der Waals surface area contributed by atoms with Gasteiger partial charge < -0.3 is 28.7 Å². The van der Waals surface area contributed by atoms with E-state index in [1.54, 1.807) is 0 Å². The number of rotatable bonds is 10. The molecule has 1 unspecified atom stereocenters. The molecule has 0 radical (unpaired) electrons. The van der Waals surface area contributed by atoms with Gasteiger partial charge in [0, 0.05) is 20.7 Å². The number of nitrogens with zero attached hydrogens (tertiary/aromatic N) is 3. The van der Waals surface area contributed by atoms with Gasteiger partial charge in [0.2, 0.25) is 0 Å². The fourth-order valence-electron chi connectivity index (χ4n) is 3.97. The average Bonchev–Trinajstić information content (AvgIpc) is 3.22. The van der Waals surface area contributed by atoms with Crippen LogP contribution >= 0.6 is 7.82 Å². The summed E-state index contributed by atoms with van der Waals surface area (Å²) in [5, 5.41) is 11.0. The normalized spacial score (nSPS) is 25.1. The summed E-state index contributed by atoms with van der Waals surface area (Å²) in [5.41, 5.74) is 2.32. The number of carbonyl (C=O) groups excluding carboxylic acids is 1. The van der Waals surface area contributed by atoms with Crippen LogP contribution < -0.4 is 10.2 Å². The molecule has 0 saturated heterocycles. The second kappa shape index (κ2) is 9.99. The minimum absolute atomic E-state index is 0.0739. The molecule has 0 aromatic carbocycles. The Morgan fingerprint density at radius 2 is 2.03 bits per heavy atom. The molecule has 11 nitrogen and oxygen atoms in total. The lowest BCUT2D eigenvalue weighted by Crippen LogP contribution is -2.29. The number of amides is 1. The summed E-state index contributed by atoms with van der Waals surface area (Å²) in [6.45, 7) is 0.851. The van der Waals surface area contributed by atoms with Gasteiger partial charge >= 0.3 is 6.09 Å². The van der Waals surface area contributed by atoms with E-state index in [2.05, 4.69) is 24.7 Å². The first-order chi connectivity index (χ1) is 13.9. The summed E-state index contributed by atoms with van der Waals surface area (Å²) in [5.74, 6) is 1.60. The van der Waals surface area contributed by atoms with Crippen molar-refractivity contribution in [1.29, 1.82) is 0 Å². The van der Waals surface area contributed by atoms with Crippen LogP contribution in [-0.2, 0) is 43.0 Å². The molecular formula is C17H28N4O7P-. The van der Waals surface area contributed by atoms with Crippen LogP contribution in [0.4, 0.5) is 4.79 Å². The van der Waals surface area contributed by atoms with Crippen LogP contribution in [0.2, 0.25) is 0 Å². The topological polar surface area (TPSA) is 137 Å². The Morgan fingerprint density at radius 1 is 1.28 bits per heavy atom. The van der Waals surface area contributed by atoms with Crippen LogP contribution in [-0.4, -0.2) is 61.2 Å². The predicted molar refractivity (Wildman–Crippen MR) is 98.9 cm³/mol. The third-order valence-electron chi connectivity index (χ3n) is 5.58. The van der Waals surface area contributed by atoms with Crippen molar-refractivity contribution in [3.05, 3.63) is 11.4 Å². The number of ether oxygens (including phenoxy) is 2. The van der Waals surface area contributed by atoms with Gasteiger partial charge in [-0.25, -0.2) is 4.79 Å². The zero-order valence-electron chi connectivity index (χ0n) is 16.7. The number of aromatic nitrogens is 3. The summed E-state index contributed by atoms with van der Waals surface area (Å²) in [6, 6.07) is 0. The minimum Gasteiger partial charge on any atom is -0.756 e. The van der Waals surface area contributed by atoms with E-state index in [4.69, 9.17) is 9.47 Å². The van der Waals surface area contributed by atoms with E-state index in [1.807, 2.05) is 11.7 Å². The highest BCUT2D eigenvalue weighted by Crippen LogP contribution is 2.52. The van der Waals surface area contributed by atoms with Crippen LogP contribution in [0.1, 0.15) is 24.2 Å². The molecule has 0 bridgehead atoms. The molecule has 0 aliphatic heterocycles. The van der Waals surface area contributed by atoms with Gasteiger partial charge in [0.25, 0.3) is 7.82 Å². The lowest BCUT2D eigenvalue weighted by Gasteiger charge is -2.19. The second-order valence-electron chi connectivity index (χ2n) is 7.28. The number of alkyl carbamates (subject to hydrolysis) is 1. The zero-order chi connectivity index (χ0) is 20.9. The number of carbonyl (C=O) groups is 1. The average molecular weight is 431 g/mol. The molecule has 3 rings (SSSR count). The van der Waals surface area contributed by atoms with Crippen molar-refractivity contribution in [2.24, 2.45) is 24.8 Å². The Kier molecular flexibility index (Phi) is 7.64. The van der Waals surface area contributed by atoms with E-state index in [1.165, 1.54) is 5.69 Å². The zero-order valence-corrected chi connectivity index (χ0v) is 17.6. The van der Waals surface area contributed by atoms with E-state index in [0.717, 1.165) is 38.5 Å².